The molecule has 0 N–H and O–H groups in total. The second kappa shape index (κ2) is 3.57. The Labute approximate surface area is 98.3 Å². The smallest absolute Gasteiger partial charge is 0.260 e. The molecule has 2 amide bonds. The van der Waals surface area contributed by atoms with Gasteiger partial charge in [0, 0.05) is 0 Å². The molecule has 1 aliphatic heterocycles. The van der Waals surface area contributed by atoms with Gasteiger partial charge in [0.25, 0.3) is 5.91 Å². The maximum Gasteiger partial charge on any atom is 0.260 e. The minimum absolute atomic E-state index is 0.0208. The Kier molecular flexibility index (Phi) is 2.52. The van der Waals surface area contributed by atoms with Gasteiger partial charge in [-0.2, -0.15) is 25.3 Å². The van der Waals surface area contributed by atoms with Crippen molar-refractivity contribution in [2.45, 2.75) is 10.5 Å². The van der Waals surface area contributed by atoms with Crippen LogP contribution in [-0.2, 0) is 9.59 Å². The fraction of sp³-hybridized carbons (Fsp3) is 0.200. The number of anilines is 1. The van der Waals surface area contributed by atoms with Gasteiger partial charge in [0.05, 0.1) is 12.1 Å². The van der Waals surface area contributed by atoms with Crippen LogP contribution in [0.15, 0.2) is 30.3 Å². The summed E-state index contributed by atoms with van der Waals surface area (Å²) in [5, 5.41) is 0. The lowest BCUT2D eigenvalue weighted by molar-refractivity contribution is -0.121. The Morgan fingerprint density at radius 3 is 2.20 bits per heavy atom. The second-order valence-electron chi connectivity index (χ2n) is 3.36. The van der Waals surface area contributed by atoms with E-state index in [9.17, 15) is 9.59 Å². The predicted molar refractivity (Wildman–Crippen MR) is 64.3 cm³/mol. The van der Waals surface area contributed by atoms with Crippen LogP contribution in [0.2, 0.25) is 0 Å². The third-order valence-corrected chi connectivity index (χ3v) is 2.91. The monoisotopic (exact) mass is 239 g/mol. The van der Waals surface area contributed by atoms with Crippen molar-refractivity contribution in [3.05, 3.63) is 30.3 Å². The van der Waals surface area contributed by atoms with Crippen LogP contribution in [0, 0.1) is 0 Å². The molecular formula is C10H9NO2S2. The van der Waals surface area contributed by atoms with Crippen LogP contribution in [0.5, 0.6) is 0 Å². The highest BCUT2D eigenvalue weighted by atomic mass is 32.2. The Bertz CT molecular complexity index is 417. The molecular weight excluding hydrogens is 230 g/mol. The van der Waals surface area contributed by atoms with Crippen molar-refractivity contribution in [2.24, 2.45) is 0 Å². The van der Waals surface area contributed by atoms with Crippen molar-refractivity contribution in [1.29, 1.82) is 0 Å². The van der Waals surface area contributed by atoms with Crippen molar-refractivity contribution in [3.8, 4) is 0 Å². The molecule has 15 heavy (non-hydrogen) atoms. The molecule has 1 aliphatic rings. The molecule has 1 saturated heterocycles. The van der Waals surface area contributed by atoms with E-state index >= 15 is 0 Å². The lowest BCUT2D eigenvalue weighted by atomic mass is 10.3. The second-order valence-corrected chi connectivity index (χ2v) is 5.24. The molecule has 0 unspecified atom stereocenters. The van der Waals surface area contributed by atoms with E-state index in [1.165, 1.54) is 0 Å². The lowest BCUT2D eigenvalue weighted by Gasteiger charge is -2.16. The summed E-state index contributed by atoms with van der Waals surface area (Å²) in [6, 6.07) is 8.78. The summed E-state index contributed by atoms with van der Waals surface area (Å²) in [5.74, 6) is -0.651. The summed E-state index contributed by atoms with van der Waals surface area (Å²) in [4.78, 5) is 24.5. The van der Waals surface area contributed by atoms with Gasteiger partial charge in [-0.25, -0.2) is 4.90 Å². The van der Waals surface area contributed by atoms with Crippen LogP contribution in [0.25, 0.3) is 0 Å². The molecule has 2 rings (SSSR count). The van der Waals surface area contributed by atoms with Gasteiger partial charge in [0.2, 0.25) is 5.91 Å². The van der Waals surface area contributed by atoms with Crippen LogP contribution in [-0.4, -0.2) is 15.9 Å². The normalized spacial score (nSPS) is 19.7. The highest BCUT2D eigenvalue weighted by molar-refractivity contribution is 8.02. The summed E-state index contributed by atoms with van der Waals surface area (Å²) < 4.78 is -1.17. The molecule has 1 fully saturated rings. The standard InChI is InChI=1S/C10H9NO2S2/c12-8-6-10(14,15)9(13)11(8)7-4-2-1-3-5-7/h1-5,14-15H,6H2. The molecule has 0 bridgehead atoms. The van der Waals surface area contributed by atoms with Gasteiger partial charge >= 0.3 is 0 Å². The number of thiol groups is 2. The summed E-state index contributed by atoms with van der Waals surface area (Å²) in [6.07, 6.45) is 0.0208. The van der Waals surface area contributed by atoms with E-state index in [0.717, 1.165) is 4.90 Å². The van der Waals surface area contributed by atoms with Crippen molar-refractivity contribution in [1.82, 2.24) is 0 Å². The van der Waals surface area contributed by atoms with E-state index in [-0.39, 0.29) is 18.2 Å². The first-order chi connectivity index (χ1) is 7.02. The molecule has 1 aromatic rings. The number of rotatable bonds is 1. The van der Waals surface area contributed by atoms with Gasteiger partial charge in [-0.3, -0.25) is 9.59 Å². The molecule has 0 atom stereocenters. The third kappa shape index (κ3) is 1.77. The SMILES string of the molecule is O=C1CC(S)(S)C(=O)N1c1ccccc1. The zero-order valence-electron chi connectivity index (χ0n) is 7.75. The summed E-state index contributed by atoms with van der Waals surface area (Å²) >= 11 is 8.13. The zero-order valence-corrected chi connectivity index (χ0v) is 9.54. The average molecular weight is 239 g/mol. The molecule has 0 aliphatic carbocycles. The molecule has 0 spiro atoms. The molecule has 0 saturated carbocycles. The highest BCUT2D eigenvalue weighted by Crippen LogP contribution is 2.36. The van der Waals surface area contributed by atoms with Gasteiger partial charge in [-0.15, -0.1) is 0 Å². The van der Waals surface area contributed by atoms with Gasteiger partial charge in [-0.1, -0.05) is 18.2 Å². The molecule has 1 heterocycles. The number of imide groups is 1. The Morgan fingerprint density at radius 1 is 1.13 bits per heavy atom. The summed E-state index contributed by atoms with van der Waals surface area (Å²) in [7, 11) is 0. The topological polar surface area (TPSA) is 37.4 Å². The first-order valence-electron chi connectivity index (χ1n) is 4.39. The predicted octanol–water partition coefficient (Wildman–Crippen LogP) is 1.51. The Hall–Kier alpha value is -0.940. The van der Waals surface area contributed by atoms with Crippen LogP contribution in [0.4, 0.5) is 5.69 Å². The number of hydrogen-bond acceptors (Lipinski definition) is 4. The van der Waals surface area contributed by atoms with E-state index in [1.54, 1.807) is 24.3 Å². The van der Waals surface area contributed by atoms with E-state index in [0.29, 0.717) is 5.69 Å². The van der Waals surface area contributed by atoms with Crippen LogP contribution < -0.4 is 4.90 Å². The molecule has 78 valence electrons. The fourth-order valence-electron chi connectivity index (χ4n) is 1.50. The van der Waals surface area contributed by atoms with Gasteiger partial charge in [0.15, 0.2) is 0 Å². The number of carbonyl (C=O) groups excluding carboxylic acids is 2. The number of para-hydroxylation sites is 1. The number of amides is 2. The minimum atomic E-state index is -1.17. The van der Waals surface area contributed by atoms with Gasteiger partial charge in [0.1, 0.15) is 4.08 Å². The molecule has 3 nitrogen and oxygen atoms in total. The summed E-state index contributed by atoms with van der Waals surface area (Å²) in [6.45, 7) is 0. The van der Waals surface area contributed by atoms with Crippen molar-refractivity contribution in [3.63, 3.8) is 0 Å². The van der Waals surface area contributed by atoms with Crippen LogP contribution in [0.3, 0.4) is 0 Å². The Morgan fingerprint density at radius 2 is 1.73 bits per heavy atom. The Balaban J connectivity index is 2.40. The van der Waals surface area contributed by atoms with Crippen LogP contribution in [0.1, 0.15) is 6.42 Å². The fourth-order valence-corrected chi connectivity index (χ4v) is 1.97. The lowest BCUT2D eigenvalue weighted by Crippen LogP contribution is -2.33. The molecule has 1 aromatic carbocycles. The maximum atomic E-state index is 11.8. The van der Waals surface area contributed by atoms with E-state index in [1.807, 2.05) is 6.07 Å². The largest absolute Gasteiger partial charge is 0.274 e. The van der Waals surface area contributed by atoms with E-state index < -0.39 is 4.08 Å². The molecule has 0 radical (unpaired) electrons. The maximum absolute atomic E-state index is 11.8. The van der Waals surface area contributed by atoms with Gasteiger partial charge < -0.3 is 0 Å². The molecule has 0 aromatic heterocycles. The summed E-state index contributed by atoms with van der Waals surface area (Å²) in [5.41, 5.74) is 0.567. The minimum Gasteiger partial charge on any atom is -0.274 e. The number of benzene rings is 1. The quantitative estimate of drug-likeness (QED) is 0.443. The first kappa shape index (κ1) is 10.6. The first-order valence-corrected chi connectivity index (χ1v) is 5.29. The van der Waals surface area contributed by atoms with Gasteiger partial charge in [-0.05, 0) is 12.1 Å². The van der Waals surface area contributed by atoms with E-state index in [2.05, 4.69) is 25.3 Å². The number of carbonyl (C=O) groups is 2. The number of hydrogen-bond donors (Lipinski definition) is 2. The number of nitrogens with zero attached hydrogens (tertiary/aromatic N) is 1. The van der Waals surface area contributed by atoms with Crippen molar-refractivity contribution < 1.29 is 9.59 Å². The average Bonchev–Trinajstić information content (AvgIpc) is 2.38. The van der Waals surface area contributed by atoms with Crippen molar-refractivity contribution in [2.75, 3.05) is 4.90 Å². The van der Waals surface area contributed by atoms with E-state index in [4.69, 9.17) is 0 Å². The van der Waals surface area contributed by atoms with Crippen molar-refractivity contribution >= 4 is 42.8 Å². The highest BCUT2D eigenvalue weighted by Gasteiger charge is 2.47. The van der Waals surface area contributed by atoms with Crippen LogP contribution >= 0.6 is 25.3 Å². The zero-order chi connectivity index (χ0) is 11.1. The third-order valence-electron chi connectivity index (χ3n) is 2.21. The molecule has 5 heteroatoms.